The van der Waals surface area contributed by atoms with Gasteiger partial charge >= 0.3 is 0 Å². The van der Waals surface area contributed by atoms with Gasteiger partial charge in [0.05, 0.1) is 16.7 Å². The van der Waals surface area contributed by atoms with Crippen LogP contribution in [-0.2, 0) is 4.79 Å². The van der Waals surface area contributed by atoms with Crippen molar-refractivity contribution in [2.24, 2.45) is 0 Å². The van der Waals surface area contributed by atoms with Crippen LogP contribution in [0.4, 0.5) is 5.69 Å². The second-order valence-electron chi connectivity index (χ2n) is 6.69. The maximum absolute atomic E-state index is 12.6. The lowest BCUT2D eigenvalue weighted by molar-refractivity contribution is -0.122. The van der Waals surface area contributed by atoms with Gasteiger partial charge in [0.1, 0.15) is 16.3 Å². The predicted octanol–water partition coefficient (Wildman–Crippen LogP) is 6.08. The normalized spacial score (nSPS) is 11.7. The van der Waals surface area contributed by atoms with Gasteiger partial charge in [0, 0.05) is 11.3 Å². The van der Waals surface area contributed by atoms with E-state index in [2.05, 4.69) is 16.4 Å². The summed E-state index contributed by atoms with van der Waals surface area (Å²) in [5.41, 5.74) is 3.02. The van der Waals surface area contributed by atoms with Gasteiger partial charge in [-0.2, -0.15) is 5.26 Å². The molecule has 0 saturated carbocycles. The van der Waals surface area contributed by atoms with Crippen molar-refractivity contribution in [1.29, 1.82) is 5.26 Å². The monoisotopic (exact) mass is 451 g/mol. The minimum absolute atomic E-state index is 0.253. The minimum Gasteiger partial charge on any atom is -0.479 e. The molecule has 1 atom stereocenters. The Morgan fingerprint density at radius 1 is 1.16 bits per heavy atom. The van der Waals surface area contributed by atoms with E-state index in [0.29, 0.717) is 39.0 Å². The summed E-state index contributed by atoms with van der Waals surface area (Å²) in [6, 6.07) is 19.1. The van der Waals surface area contributed by atoms with Crippen molar-refractivity contribution >= 4 is 45.9 Å². The molecule has 0 aliphatic rings. The number of hydrogen-bond donors (Lipinski definition) is 1. The number of anilines is 1. The highest BCUT2D eigenvalue weighted by Gasteiger charge is 2.18. The Bertz CT molecular complexity index is 1310. The molecule has 1 aromatic heterocycles. The van der Waals surface area contributed by atoms with Crippen LogP contribution < -0.4 is 10.1 Å². The second-order valence-corrected chi connectivity index (χ2v) is 7.48. The number of nitriles is 1. The number of carbonyl (C=O) groups is 1. The SMILES string of the molecule is C[C@H](Oc1cccc(Cl)c1Cl)C(=O)Nc1ccc2oc(-c3ccc(C#N)cc3)nc2c1. The van der Waals surface area contributed by atoms with E-state index in [-0.39, 0.29) is 10.9 Å². The van der Waals surface area contributed by atoms with E-state index < -0.39 is 6.10 Å². The van der Waals surface area contributed by atoms with Crippen LogP contribution in [0.5, 0.6) is 5.75 Å². The van der Waals surface area contributed by atoms with E-state index in [9.17, 15) is 4.79 Å². The largest absolute Gasteiger partial charge is 0.479 e. The van der Waals surface area contributed by atoms with Crippen LogP contribution in [0.25, 0.3) is 22.6 Å². The molecule has 4 aromatic rings. The van der Waals surface area contributed by atoms with E-state index >= 15 is 0 Å². The first-order valence-electron chi connectivity index (χ1n) is 9.27. The van der Waals surface area contributed by atoms with Crippen molar-refractivity contribution in [2.45, 2.75) is 13.0 Å². The molecule has 0 spiro atoms. The average molecular weight is 452 g/mol. The molecule has 1 N–H and O–H groups in total. The van der Waals surface area contributed by atoms with Crippen molar-refractivity contribution < 1.29 is 13.9 Å². The number of halogens is 2. The number of nitrogens with zero attached hydrogens (tertiary/aromatic N) is 2. The number of aromatic nitrogens is 1. The van der Waals surface area contributed by atoms with Crippen molar-refractivity contribution in [3.63, 3.8) is 0 Å². The van der Waals surface area contributed by atoms with E-state index in [1.165, 1.54) is 0 Å². The third-order valence-corrected chi connectivity index (χ3v) is 5.31. The standard InChI is InChI=1S/C23H15Cl2N3O3/c1-13(30-20-4-2-3-17(24)21(20)25)22(29)27-16-9-10-19-18(11-16)28-23(31-19)15-7-5-14(12-26)6-8-15/h2-11,13H,1H3,(H,27,29)/t13-/m0/s1. The number of nitrogens with one attached hydrogen (secondary N) is 1. The average Bonchev–Trinajstić information content (AvgIpc) is 3.20. The van der Waals surface area contributed by atoms with Crippen LogP contribution in [-0.4, -0.2) is 17.0 Å². The van der Waals surface area contributed by atoms with Gasteiger partial charge in [0.2, 0.25) is 5.89 Å². The van der Waals surface area contributed by atoms with Gasteiger partial charge in [-0.25, -0.2) is 4.98 Å². The van der Waals surface area contributed by atoms with Crippen LogP contribution in [0.15, 0.2) is 65.1 Å². The predicted molar refractivity (Wildman–Crippen MR) is 119 cm³/mol. The van der Waals surface area contributed by atoms with Crippen LogP contribution in [0.2, 0.25) is 10.0 Å². The number of rotatable bonds is 5. The third-order valence-electron chi connectivity index (χ3n) is 4.51. The molecule has 154 valence electrons. The molecule has 0 aliphatic carbocycles. The smallest absolute Gasteiger partial charge is 0.265 e. The lowest BCUT2D eigenvalue weighted by Crippen LogP contribution is -2.30. The van der Waals surface area contributed by atoms with Crippen LogP contribution in [0.3, 0.4) is 0 Å². The Balaban J connectivity index is 1.49. The fourth-order valence-corrected chi connectivity index (χ4v) is 3.22. The summed E-state index contributed by atoms with van der Waals surface area (Å²) >= 11 is 12.1. The molecule has 8 heteroatoms. The fraction of sp³-hybridized carbons (Fsp3) is 0.0870. The number of ether oxygens (including phenoxy) is 1. The molecule has 0 radical (unpaired) electrons. The number of benzene rings is 3. The van der Waals surface area contributed by atoms with Crippen LogP contribution >= 0.6 is 23.2 Å². The molecule has 0 saturated heterocycles. The zero-order valence-electron chi connectivity index (χ0n) is 16.2. The number of amides is 1. The minimum atomic E-state index is -0.807. The summed E-state index contributed by atoms with van der Waals surface area (Å²) in [4.78, 5) is 17.0. The van der Waals surface area contributed by atoms with Crippen LogP contribution in [0, 0.1) is 11.3 Å². The van der Waals surface area contributed by atoms with Crippen LogP contribution in [0.1, 0.15) is 12.5 Å². The van der Waals surface area contributed by atoms with Crippen molar-refractivity contribution in [1.82, 2.24) is 4.98 Å². The molecule has 4 rings (SSSR count). The maximum Gasteiger partial charge on any atom is 0.265 e. The molecule has 1 amide bonds. The number of fused-ring (bicyclic) bond motifs is 1. The number of oxazole rings is 1. The van der Waals surface area contributed by atoms with Gasteiger partial charge in [0.25, 0.3) is 5.91 Å². The van der Waals surface area contributed by atoms with Crippen molar-refractivity contribution in [3.05, 3.63) is 76.3 Å². The lowest BCUT2D eigenvalue weighted by atomic mass is 10.1. The zero-order valence-corrected chi connectivity index (χ0v) is 17.7. The molecule has 31 heavy (non-hydrogen) atoms. The summed E-state index contributed by atoms with van der Waals surface area (Å²) in [5.74, 6) is 0.400. The molecule has 0 bridgehead atoms. The van der Waals surface area contributed by atoms with E-state index in [1.807, 2.05) is 0 Å². The summed E-state index contributed by atoms with van der Waals surface area (Å²) in [6.45, 7) is 1.62. The van der Waals surface area contributed by atoms with Gasteiger partial charge in [-0.05, 0) is 61.5 Å². The quantitative estimate of drug-likeness (QED) is 0.397. The number of hydrogen-bond acceptors (Lipinski definition) is 5. The first-order valence-corrected chi connectivity index (χ1v) is 10.0. The zero-order chi connectivity index (χ0) is 22.0. The fourth-order valence-electron chi connectivity index (χ4n) is 2.88. The molecule has 6 nitrogen and oxygen atoms in total. The Morgan fingerprint density at radius 3 is 2.68 bits per heavy atom. The van der Waals surface area contributed by atoms with Gasteiger partial charge in [-0.1, -0.05) is 29.3 Å². The lowest BCUT2D eigenvalue weighted by Gasteiger charge is -2.16. The highest BCUT2D eigenvalue weighted by Crippen LogP contribution is 2.32. The molecule has 3 aromatic carbocycles. The summed E-state index contributed by atoms with van der Waals surface area (Å²) in [5, 5.41) is 12.3. The summed E-state index contributed by atoms with van der Waals surface area (Å²) < 4.78 is 11.4. The topological polar surface area (TPSA) is 88.1 Å². The third kappa shape index (κ3) is 4.48. The number of carbonyl (C=O) groups excluding carboxylic acids is 1. The van der Waals surface area contributed by atoms with Crippen molar-refractivity contribution in [3.8, 4) is 23.3 Å². The summed E-state index contributed by atoms with van der Waals surface area (Å²) in [7, 11) is 0. The molecule has 1 heterocycles. The highest BCUT2D eigenvalue weighted by atomic mass is 35.5. The molecule has 0 fully saturated rings. The maximum atomic E-state index is 12.6. The second kappa shape index (κ2) is 8.68. The van der Waals surface area contributed by atoms with E-state index in [0.717, 1.165) is 5.56 Å². The highest BCUT2D eigenvalue weighted by molar-refractivity contribution is 6.42. The first-order chi connectivity index (χ1) is 14.9. The Kier molecular flexibility index (Phi) is 5.81. The molecule has 0 aliphatic heterocycles. The summed E-state index contributed by atoms with van der Waals surface area (Å²) in [6.07, 6.45) is -0.807. The first kappa shape index (κ1) is 20.7. The Hall–Kier alpha value is -3.53. The van der Waals surface area contributed by atoms with Gasteiger partial charge in [0.15, 0.2) is 11.7 Å². The van der Waals surface area contributed by atoms with Crippen molar-refractivity contribution in [2.75, 3.05) is 5.32 Å². The molecule has 0 unspecified atom stereocenters. The van der Waals surface area contributed by atoms with E-state index in [1.54, 1.807) is 67.6 Å². The van der Waals surface area contributed by atoms with Gasteiger partial charge in [-0.15, -0.1) is 0 Å². The van der Waals surface area contributed by atoms with Gasteiger partial charge < -0.3 is 14.5 Å². The Labute approximate surface area is 188 Å². The Morgan fingerprint density at radius 2 is 1.94 bits per heavy atom. The van der Waals surface area contributed by atoms with Gasteiger partial charge in [-0.3, -0.25) is 4.79 Å². The molecular weight excluding hydrogens is 437 g/mol. The van der Waals surface area contributed by atoms with E-state index in [4.69, 9.17) is 37.6 Å². The molecular formula is C23H15Cl2N3O3.